The van der Waals surface area contributed by atoms with Crippen molar-refractivity contribution in [3.8, 4) is 0 Å². The van der Waals surface area contributed by atoms with Crippen molar-refractivity contribution >= 4 is 12.1 Å². The van der Waals surface area contributed by atoms with Gasteiger partial charge in [-0.25, -0.2) is 9.59 Å². The quantitative estimate of drug-likeness (QED) is 0.730. The van der Waals surface area contributed by atoms with E-state index in [0.29, 0.717) is 26.0 Å². The van der Waals surface area contributed by atoms with E-state index in [1.54, 1.807) is 0 Å². The van der Waals surface area contributed by atoms with Gasteiger partial charge in [-0.05, 0) is 47.5 Å². The van der Waals surface area contributed by atoms with Crippen LogP contribution in [0, 0.1) is 0 Å². The van der Waals surface area contributed by atoms with Crippen molar-refractivity contribution in [1.82, 2.24) is 4.90 Å². The van der Waals surface area contributed by atoms with E-state index in [1.165, 1.54) is 12.0 Å². The van der Waals surface area contributed by atoms with Crippen molar-refractivity contribution < 1.29 is 23.8 Å². The molecular formula is C16H29NO5. The number of methoxy groups -OCH3 is 1. The van der Waals surface area contributed by atoms with Crippen molar-refractivity contribution in [3.05, 3.63) is 0 Å². The van der Waals surface area contributed by atoms with Crippen molar-refractivity contribution in [1.29, 1.82) is 0 Å². The summed E-state index contributed by atoms with van der Waals surface area (Å²) in [6, 6.07) is 0. The molecule has 22 heavy (non-hydrogen) atoms. The maximum absolute atomic E-state index is 12.4. The summed E-state index contributed by atoms with van der Waals surface area (Å²) in [5.41, 5.74) is -1.58. The van der Waals surface area contributed by atoms with Gasteiger partial charge in [0.1, 0.15) is 11.1 Å². The van der Waals surface area contributed by atoms with Gasteiger partial charge in [-0.2, -0.15) is 0 Å². The average Bonchev–Trinajstić information content (AvgIpc) is 2.80. The predicted octanol–water partition coefficient (Wildman–Crippen LogP) is 2.74. The first kappa shape index (κ1) is 18.7. The molecule has 1 aliphatic rings. The zero-order valence-electron chi connectivity index (χ0n) is 14.6. The second kappa shape index (κ2) is 7.31. The third-order valence-corrected chi connectivity index (χ3v) is 3.63. The van der Waals surface area contributed by atoms with Gasteiger partial charge in [0.25, 0.3) is 0 Å². The van der Waals surface area contributed by atoms with Crippen molar-refractivity contribution in [2.24, 2.45) is 0 Å². The van der Waals surface area contributed by atoms with Crippen LogP contribution in [0.25, 0.3) is 0 Å². The number of ether oxygens (including phenoxy) is 3. The van der Waals surface area contributed by atoms with Crippen molar-refractivity contribution in [2.75, 3.05) is 20.3 Å². The van der Waals surface area contributed by atoms with Crippen molar-refractivity contribution in [3.63, 3.8) is 0 Å². The Bertz CT molecular complexity index is 402. The average molecular weight is 315 g/mol. The summed E-state index contributed by atoms with van der Waals surface area (Å²) in [6.45, 7) is 10.2. The predicted molar refractivity (Wildman–Crippen MR) is 82.6 cm³/mol. The van der Waals surface area contributed by atoms with Crippen molar-refractivity contribution in [2.45, 2.75) is 71.1 Å². The van der Waals surface area contributed by atoms with Crippen LogP contribution >= 0.6 is 0 Å². The molecule has 128 valence electrons. The molecule has 0 radical (unpaired) electrons. The Morgan fingerprint density at radius 3 is 2.41 bits per heavy atom. The SMILES string of the molecule is COC(=O)C1(CCOC(C)C)CCCN1C(=O)OC(C)(C)C. The summed E-state index contributed by atoms with van der Waals surface area (Å²) in [4.78, 5) is 26.3. The first-order valence-corrected chi connectivity index (χ1v) is 7.83. The molecular weight excluding hydrogens is 286 g/mol. The van der Waals surface area contributed by atoms with Gasteiger partial charge in [0.15, 0.2) is 0 Å². The molecule has 1 aliphatic heterocycles. The first-order chi connectivity index (χ1) is 10.1. The Morgan fingerprint density at radius 1 is 1.27 bits per heavy atom. The lowest BCUT2D eigenvalue weighted by Crippen LogP contribution is -2.55. The number of hydrogen-bond acceptors (Lipinski definition) is 5. The van der Waals surface area contributed by atoms with Crippen LogP contribution in [0.1, 0.15) is 53.9 Å². The molecule has 0 N–H and O–H groups in total. The molecule has 0 aliphatic carbocycles. The third-order valence-electron chi connectivity index (χ3n) is 3.63. The molecule has 6 heteroatoms. The normalized spacial score (nSPS) is 22.0. The molecule has 0 bridgehead atoms. The molecule has 1 unspecified atom stereocenters. The molecule has 0 aromatic carbocycles. The fourth-order valence-corrected chi connectivity index (χ4v) is 2.69. The van der Waals surface area contributed by atoms with E-state index in [4.69, 9.17) is 14.2 Å². The summed E-state index contributed by atoms with van der Waals surface area (Å²) in [5, 5.41) is 0. The van der Waals surface area contributed by atoms with Crippen LogP contribution in [0.5, 0.6) is 0 Å². The van der Waals surface area contributed by atoms with E-state index < -0.39 is 23.2 Å². The summed E-state index contributed by atoms with van der Waals surface area (Å²) < 4.78 is 16.0. The third kappa shape index (κ3) is 4.60. The number of nitrogens with zero attached hydrogens (tertiary/aromatic N) is 1. The summed E-state index contributed by atoms with van der Waals surface area (Å²) in [5.74, 6) is -0.400. The minimum absolute atomic E-state index is 0.0751. The largest absolute Gasteiger partial charge is 0.467 e. The van der Waals surface area contributed by atoms with E-state index in [9.17, 15) is 9.59 Å². The van der Waals surface area contributed by atoms with Gasteiger partial charge in [0.05, 0.1) is 13.2 Å². The summed E-state index contributed by atoms with van der Waals surface area (Å²) in [6.07, 6.45) is 1.33. The molecule has 0 aromatic heterocycles. The molecule has 0 spiro atoms. The Morgan fingerprint density at radius 2 is 1.91 bits per heavy atom. The van der Waals surface area contributed by atoms with E-state index in [-0.39, 0.29) is 6.10 Å². The second-order valence-electron chi connectivity index (χ2n) is 6.93. The minimum Gasteiger partial charge on any atom is -0.467 e. The fourth-order valence-electron chi connectivity index (χ4n) is 2.69. The van der Waals surface area contributed by atoms with E-state index in [1.807, 2.05) is 34.6 Å². The lowest BCUT2D eigenvalue weighted by molar-refractivity contribution is -0.154. The lowest BCUT2D eigenvalue weighted by atomic mass is 9.92. The molecule has 0 saturated carbocycles. The van der Waals surface area contributed by atoms with Gasteiger partial charge in [-0.1, -0.05) is 0 Å². The van der Waals surface area contributed by atoms with Crippen LogP contribution in [0.2, 0.25) is 0 Å². The van der Waals surface area contributed by atoms with Crippen LogP contribution in [0.15, 0.2) is 0 Å². The maximum atomic E-state index is 12.4. The molecule has 1 rings (SSSR count). The number of carbonyl (C=O) groups excluding carboxylic acids is 2. The minimum atomic E-state index is -0.980. The lowest BCUT2D eigenvalue weighted by Gasteiger charge is -2.36. The van der Waals surface area contributed by atoms with Crippen LogP contribution in [-0.2, 0) is 19.0 Å². The molecule has 1 atom stereocenters. The molecule has 1 saturated heterocycles. The van der Waals surface area contributed by atoms with Gasteiger partial charge in [-0.3, -0.25) is 4.90 Å². The van der Waals surface area contributed by atoms with E-state index in [0.717, 1.165) is 6.42 Å². The zero-order chi connectivity index (χ0) is 17.0. The molecule has 1 fully saturated rings. The molecule has 1 heterocycles. The monoisotopic (exact) mass is 315 g/mol. The van der Waals surface area contributed by atoms with Gasteiger partial charge < -0.3 is 14.2 Å². The Balaban J connectivity index is 2.92. The standard InChI is InChI=1S/C16H29NO5/c1-12(2)21-11-9-16(13(18)20-6)8-7-10-17(16)14(19)22-15(3,4)5/h12H,7-11H2,1-6H3. The van der Waals surface area contributed by atoms with Gasteiger partial charge >= 0.3 is 12.1 Å². The Labute approximate surface area is 133 Å². The number of carbonyl (C=O) groups is 2. The topological polar surface area (TPSA) is 65.1 Å². The van der Waals surface area contributed by atoms with Crippen LogP contribution < -0.4 is 0 Å². The highest BCUT2D eigenvalue weighted by atomic mass is 16.6. The van der Waals surface area contributed by atoms with Crippen LogP contribution in [0.3, 0.4) is 0 Å². The molecule has 0 aromatic rings. The smallest absolute Gasteiger partial charge is 0.411 e. The Kier molecular flexibility index (Phi) is 6.23. The number of amides is 1. The van der Waals surface area contributed by atoms with Gasteiger partial charge in [0.2, 0.25) is 0 Å². The number of likely N-dealkylation sites (tertiary alicyclic amines) is 1. The zero-order valence-corrected chi connectivity index (χ0v) is 14.6. The van der Waals surface area contributed by atoms with Crippen LogP contribution in [0.4, 0.5) is 4.79 Å². The summed E-state index contributed by atoms with van der Waals surface area (Å²) >= 11 is 0. The fraction of sp³-hybridized carbons (Fsp3) is 0.875. The molecule has 1 amide bonds. The van der Waals surface area contributed by atoms with E-state index >= 15 is 0 Å². The maximum Gasteiger partial charge on any atom is 0.411 e. The molecule has 6 nitrogen and oxygen atoms in total. The first-order valence-electron chi connectivity index (χ1n) is 7.83. The highest BCUT2D eigenvalue weighted by molar-refractivity contribution is 5.86. The van der Waals surface area contributed by atoms with Gasteiger partial charge in [-0.15, -0.1) is 0 Å². The van der Waals surface area contributed by atoms with E-state index in [2.05, 4.69) is 0 Å². The van der Waals surface area contributed by atoms with Gasteiger partial charge in [0, 0.05) is 19.6 Å². The highest BCUT2D eigenvalue weighted by Gasteiger charge is 2.51. The summed E-state index contributed by atoms with van der Waals surface area (Å²) in [7, 11) is 1.35. The second-order valence-corrected chi connectivity index (χ2v) is 6.93. The number of hydrogen-bond donors (Lipinski definition) is 0. The highest BCUT2D eigenvalue weighted by Crippen LogP contribution is 2.35. The van der Waals surface area contributed by atoms with Crippen LogP contribution in [-0.4, -0.2) is 54.5 Å². The Hall–Kier alpha value is -1.30. The number of esters is 1. The number of rotatable bonds is 5.